The number of hydrogen-bond donors (Lipinski definition) is 1. The number of carbonyl (C=O) groups excluding carboxylic acids is 1. The molecule has 32 heavy (non-hydrogen) atoms. The first-order valence-electron chi connectivity index (χ1n) is 10.1. The van der Waals surface area contributed by atoms with Gasteiger partial charge in [-0.05, 0) is 36.6 Å². The van der Waals surface area contributed by atoms with Gasteiger partial charge in [0.1, 0.15) is 11.1 Å². The van der Waals surface area contributed by atoms with E-state index in [1.54, 1.807) is 24.3 Å². The first-order valence-corrected chi connectivity index (χ1v) is 11.4. The van der Waals surface area contributed by atoms with E-state index in [9.17, 15) is 18.0 Å². The summed E-state index contributed by atoms with van der Waals surface area (Å²) in [5, 5.41) is 10.7. The maximum absolute atomic E-state index is 13.5. The van der Waals surface area contributed by atoms with Gasteiger partial charge < -0.3 is 9.88 Å². The Labute approximate surface area is 192 Å². The zero-order valence-electron chi connectivity index (χ0n) is 16.9. The summed E-state index contributed by atoms with van der Waals surface area (Å²) in [6.45, 7) is 0.753. The molecule has 0 unspecified atom stereocenters. The van der Waals surface area contributed by atoms with Gasteiger partial charge in [0, 0.05) is 18.0 Å². The molecule has 0 saturated carbocycles. The Morgan fingerprint density at radius 1 is 1.09 bits per heavy atom. The van der Waals surface area contributed by atoms with Crippen LogP contribution in [0.4, 0.5) is 18.9 Å². The van der Waals surface area contributed by atoms with Gasteiger partial charge in [-0.15, -0.1) is 10.2 Å². The van der Waals surface area contributed by atoms with Gasteiger partial charge >= 0.3 is 6.18 Å². The fraction of sp³-hybridized carbons (Fsp3) is 0.318. The van der Waals surface area contributed by atoms with Gasteiger partial charge in [-0.25, -0.2) is 0 Å². The van der Waals surface area contributed by atoms with Crippen molar-refractivity contribution in [3.05, 3.63) is 70.5 Å². The Morgan fingerprint density at radius 2 is 1.88 bits per heavy atom. The fourth-order valence-electron chi connectivity index (χ4n) is 3.61. The molecular formula is C22H20ClF3N4OS. The van der Waals surface area contributed by atoms with E-state index in [1.165, 1.54) is 23.9 Å². The molecule has 1 N–H and O–H groups in total. The molecule has 2 aromatic carbocycles. The number of halogens is 4. The van der Waals surface area contributed by atoms with Crippen LogP contribution in [0.1, 0.15) is 41.5 Å². The summed E-state index contributed by atoms with van der Waals surface area (Å²) in [7, 11) is 0. The molecule has 4 rings (SSSR count). The topological polar surface area (TPSA) is 59.8 Å². The summed E-state index contributed by atoms with van der Waals surface area (Å²) in [5.74, 6) is 0.286. The van der Waals surface area contributed by atoms with Crippen LogP contribution in [0.25, 0.3) is 0 Å². The predicted octanol–water partition coefficient (Wildman–Crippen LogP) is 6.15. The van der Waals surface area contributed by atoms with E-state index in [4.69, 9.17) is 11.6 Å². The third kappa shape index (κ3) is 5.10. The molecule has 1 amide bonds. The number of alkyl halides is 3. The highest BCUT2D eigenvalue weighted by Crippen LogP contribution is 2.39. The number of carbonyl (C=O) groups is 1. The van der Waals surface area contributed by atoms with Crippen molar-refractivity contribution in [1.82, 2.24) is 14.8 Å². The highest BCUT2D eigenvalue weighted by molar-refractivity contribution is 8.00. The molecule has 2 heterocycles. The second-order valence-electron chi connectivity index (χ2n) is 7.45. The van der Waals surface area contributed by atoms with Gasteiger partial charge in [-0.2, -0.15) is 13.2 Å². The normalized spacial score (nSPS) is 15.0. The number of aryl methyl sites for hydroxylation is 1. The molecule has 0 saturated heterocycles. The Bertz CT molecular complexity index is 1100. The lowest BCUT2D eigenvalue weighted by molar-refractivity contribution is -0.137. The van der Waals surface area contributed by atoms with Crippen molar-refractivity contribution in [3.63, 3.8) is 0 Å². The smallest absolute Gasteiger partial charge is 0.324 e. The Balaban J connectivity index is 1.66. The summed E-state index contributed by atoms with van der Waals surface area (Å²) >= 11 is 6.94. The summed E-state index contributed by atoms with van der Waals surface area (Å²) in [5.41, 5.74) is -0.677. The lowest BCUT2D eigenvalue weighted by Gasteiger charge is -2.19. The van der Waals surface area contributed by atoms with Crippen molar-refractivity contribution in [2.24, 2.45) is 0 Å². The zero-order chi connectivity index (χ0) is 22.7. The maximum Gasteiger partial charge on any atom is 0.418 e. The van der Waals surface area contributed by atoms with Crippen LogP contribution in [0, 0.1) is 0 Å². The van der Waals surface area contributed by atoms with E-state index >= 15 is 0 Å². The minimum atomic E-state index is -4.66. The first-order chi connectivity index (χ1) is 15.3. The zero-order valence-corrected chi connectivity index (χ0v) is 18.5. The fourth-order valence-corrected chi connectivity index (χ4v) is 4.86. The molecule has 1 atom stereocenters. The Kier molecular flexibility index (Phi) is 6.76. The summed E-state index contributed by atoms with van der Waals surface area (Å²) in [6.07, 6.45) is -0.738. The van der Waals surface area contributed by atoms with E-state index in [0.717, 1.165) is 44.1 Å². The number of hydrogen-bond acceptors (Lipinski definition) is 4. The monoisotopic (exact) mass is 480 g/mol. The molecule has 3 aromatic rings. The minimum Gasteiger partial charge on any atom is -0.324 e. The van der Waals surface area contributed by atoms with Crippen LogP contribution in [0.2, 0.25) is 5.02 Å². The molecule has 10 heteroatoms. The van der Waals surface area contributed by atoms with Crippen molar-refractivity contribution < 1.29 is 18.0 Å². The van der Waals surface area contributed by atoms with Crippen molar-refractivity contribution in [2.45, 2.75) is 48.8 Å². The molecule has 0 bridgehead atoms. The highest BCUT2D eigenvalue weighted by atomic mass is 35.5. The third-order valence-corrected chi connectivity index (χ3v) is 6.65. The molecule has 5 nitrogen and oxygen atoms in total. The lowest BCUT2D eigenvalue weighted by atomic mass is 10.1. The van der Waals surface area contributed by atoms with Gasteiger partial charge in [0.05, 0.1) is 11.3 Å². The second-order valence-corrected chi connectivity index (χ2v) is 8.96. The predicted molar refractivity (Wildman–Crippen MR) is 118 cm³/mol. The van der Waals surface area contributed by atoms with Crippen molar-refractivity contribution >= 4 is 35.0 Å². The number of thioether (sulfide) groups is 1. The van der Waals surface area contributed by atoms with Crippen LogP contribution in [-0.2, 0) is 23.9 Å². The second kappa shape index (κ2) is 9.54. The van der Waals surface area contributed by atoms with Gasteiger partial charge in [0.25, 0.3) is 0 Å². The van der Waals surface area contributed by atoms with Crippen LogP contribution in [-0.4, -0.2) is 20.7 Å². The van der Waals surface area contributed by atoms with Crippen LogP contribution < -0.4 is 5.32 Å². The molecule has 1 aromatic heterocycles. The van der Waals surface area contributed by atoms with E-state index in [0.29, 0.717) is 10.7 Å². The standard InChI is InChI=1S/C22H20ClF3N4OS/c23-15-10-11-17(16(13-15)22(24,25)26)27-20(31)19(14-7-3-1-4-8-14)32-21-29-28-18-9-5-2-6-12-30(18)21/h1,3-4,7-8,10-11,13,19H,2,5-6,9,12H2,(H,27,31)/t19-/m0/s1. The molecule has 0 spiro atoms. The summed E-state index contributed by atoms with van der Waals surface area (Å²) in [6, 6.07) is 12.2. The van der Waals surface area contributed by atoms with Crippen LogP contribution >= 0.6 is 23.4 Å². The number of fused-ring (bicyclic) bond motifs is 1. The Morgan fingerprint density at radius 3 is 2.62 bits per heavy atom. The van der Waals surface area contributed by atoms with Crippen LogP contribution in [0.5, 0.6) is 0 Å². The van der Waals surface area contributed by atoms with Crippen molar-refractivity contribution in [1.29, 1.82) is 0 Å². The number of aromatic nitrogens is 3. The SMILES string of the molecule is O=C(Nc1ccc(Cl)cc1C(F)(F)F)[C@@H](Sc1nnc2n1CCCCC2)c1ccccc1. The number of anilines is 1. The van der Waals surface area contributed by atoms with Crippen molar-refractivity contribution in [3.8, 4) is 0 Å². The van der Waals surface area contributed by atoms with E-state index < -0.39 is 22.9 Å². The Hall–Kier alpha value is -2.52. The number of benzene rings is 2. The van der Waals surface area contributed by atoms with Gasteiger partial charge in [0.15, 0.2) is 5.16 Å². The molecule has 0 aliphatic carbocycles. The molecule has 0 fully saturated rings. The molecule has 0 radical (unpaired) electrons. The molecule has 168 valence electrons. The average Bonchev–Trinajstić information content (AvgIpc) is 2.98. The summed E-state index contributed by atoms with van der Waals surface area (Å²) < 4.78 is 42.5. The quantitative estimate of drug-likeness (QED) is 0.445. The van der Waals surface area contributed by atoms with Gasteiger partial charge in [0.2, 0.25) is 5.91 Å². The van der Waals surface area contributed by atoms with Crippen LogP contribution in [0.3, 0.4) is 0 Å². The highest BCUT2D eigenvalue weighted by Gasteiger charge is 2.35. The van der Waals surface area contributed by atoms with Crippen molar-refractivity contribution in [2.75, 3.05) is 5.32 Å². The first kappa shape index (κ1) is 22.7. The number of amides is 1. The largest absolute Gasteiger partial charge is 0.418 e. The number of rotatable bonds is 5. The van der Waals surface area contributed by atoms with Gasteiger partial charge in [-0.3, -0.25) is 4.79 Å². The molecule has 1 aliphatic heterocycles. The van der Waals surface area contributed by atoms with E-state index in [-0.39, 0.29) is 10.7 Å². The summed E-state index contributed by atoms with van der Waals surface area (Å²) in [4.78, 5) is 13.2. The maximum atomic E-state index is 13.5. The lowest BCUT2D eigenvalue weighted by Crippen LogP contribution is -2.22. The van der Waals surface area contributed by atoms with Gasteiger partial charge in [-0.1, -0.05) is 60.1 Å². The third-order valence-electron chi connectivity index (χ3n) is 5.18. The molecular weight excluding hydrogens is 461 g/mol. The average molecular weight is 481 g/mol. The van der Waals surface area contributed by atoms with E-state index in [1.807, 2.05) is 10.6 Å². The number of nitrogens with one attached hydrogen (secondary N) is 1. The van der Waals surface area contributed by atoms with Crippen LogP contribution in [0.15, 0.2) is 53.7 Å². The number of nitrogens with zero attached hydrogens (tertiary/aromatic N) is 3. The molecule has 1 aliphatic rings. The minimum absolute atomic E-state index is 0.0598. The van der Waals surface area contributed by atoms with E-state index in [2.05, 4.69) is 15.5 Å².